The summed E-state index contributed by atoms with van der Waals surface area (Å²) < 4.78 is 28.5. The number of halogens is 1. The fourth-order valence-electron chi connectivity index (χ4n) is 3.03. The number of benzene rings is 2. The first-order chi connectivity index (χ1) is 13.3. The molecule has 0 atom stereocenters. The molecule has 3 rings (SSSR count). The Hall–Kier alpha value is -1.94. The normalized spacial score (nSPS) is 15.5. The number of carbonyl (C=O) groups is 1. The fourth-order valence-corrected chi connectivity index (χ4v) is 4.26. The van der Waals surface area contributed by atoms with Crippen LogP contribution < -0.4 is 14.9 Å². The Balaban J connectivity index is 1.92. The van der Waals surface area contributed by atoms with Gasteiger partial charge in [-0.2, -0.15) is 0 Å². The summed E-state index contributed by atoms with van der Waals surface area (Å²) in [4.78, 5) is 17.0. The average Bonchev–Trinajstić information content (AvgIpc) is 2.70. The number of nitrogens with one attached hydrogen (secondary N) is 2. The van der Waals surface area contributed by atoms with Crippen LogP contribution in [0.2, 0.25) is 0 Å². The van der Waals surface area contributed by atoms with Gasteiger partial charge in [0.2, 0.25) is 10.0 Å². The van der Waals surface area contributed by atoms with E-state index in [2.05, 4.69) is 30.9 Å². The topological polar surface area (TPSA) is 81.7 Å². The lowest BCUT2D eigenvalue weighted by molar-refractivity contribution is 0.102. The maximum atomic E-state index is 12.6. The third-order valence-electron chi connectivity index (χ3n) is 4.73. The Morgan fingerprint density at radius 3 is 2.29 bits per heavy atom. The standard InChI is InChI=1S/C19H23BrN4O3S/c1-21-28(26,27)18-13-14(19(25)22-16-6-4-15(20)5-7-16)3-8-17(18)24-11-9-23(2)10-12-24/h3-8,13,21H,9-12H2,1-2H3,(H,22,25). The van der Waals surface area contributed by atoms with Crippen molar-refractivity contribution in [1.82, 2.24) is 9.62 Å². The predicted octanol–water partition coefficient (Wildman–Crippen LogP) is 2.36. The summed E-state index contributed by atoms with van der Waals surface area (Å²) in [6.07, 6.45) is 0. The number of hydrogen-bond acceptors (Lipinski definition) is 5. The molecule has 0 spiro atoms. The Morgan fingerprint density at radius 1 is 1.04 bits per heavy atom. The number of hydrogen-bond donors (Lipinski definition) is 2. The minimum Gasteiger partial charge on any atom is -0.368 e. The first-order valence-electron chi connectivity index (χ1n) is 8.88. The van der Waals surface area contributed by atoms with Crippen molar-refractivity contribution in [2.45, 2.75) is 4.90 Å². The summed E-state index contributed by atoms with van der Waals surface area (Å²) in [7, 11) is -0.305. The van der Waals surface area contributed by atoms with Crippen molar-refractivity contribution in [2.75, 3.05) is 50.5 Å². The number of likely N-dealkylation sites (N-methyl/N-ethyl adjacent to an activating group) is 1. The molecule has 2 aromatic carbocycles. The average molecular weight is 467 g/mol. The molecular weight excluding hydrogens is 444 g/mol. The molecule has 0 unspecified atom stereocenters. The van der Waals surface area contributed by atoms with Crippen molar-refractivity contribution in [1.29, 1.82) is 0 Å². The molecule has 0 saturated carbocycles. The van der Waals surface area contributed by atoms with Gasteiger partial charge in [0.1, 0.15) is 4.90 Å². The summed E-state index contributed by atoms with van der Waals surface area (Å²) in [5.74, 6) is -0.361. The number of rotatable bonds is 5. The van der Waals surface area contributed by atoms with E-state index in [0.717, 1.165) is 30.7 Å². The van der Waals surface area contributed by atoms with E-state index in [9.17, 15) is 13.2 Å². The van der Waals surface area contributed by atoms with Gasteiger partial charge < -0.3 is 15.1 Å². The second-order valence-corrected chi connectivity index (χ2v) is 9.41. The van der Waals surface area contributed by atoms with E-state index in [0.29, 0.717) is 11.4 Å². The molecule has 1 aliphatic heterocycles. The van der Waals surface area contributed by atoms with E-state index in [1.165, 1.54) is 13.1 Å². The van der Waals surface area contributed by atoms with Gasteiger partial charge in [-0.1, -0.05) is 15.9 Å². The first kappa shape index (κ1) is 20.8. The lowest BCUT2D eigenvalue weighted by Gasteiger charge is -2.35. The molecule has 28 heavy (non-hydrogen) atoms. The molecular formula is C19H23BrN4O3S. The minimum atomic E-state index is -3.72. The van der Waals surface area contributed by atoms with Crippen LogP contribution >= 0.6 is 15.9 Å². The van der Waals surface area contributed by atoms with E-state index < -0.39 is 10.0 Å². The van der Waals surface area contributed by atoms with Gasteiger partial charge in [-0.05, 0) is 56.6 Å². The molecule has 2 aromatic rings. The van der Waals surface area contributed by atoms with Crippen molar-refractivity contribution < 1.29 is 13.2 Å². The van der Waals surface area contributed by atoms with Crippen molar-refractivity contribution in [3.8, 4) is 0 Å². The van der Waals surface area contributed by atoms with E-state index in [-0.39, 0.29) is 16.4 Å². The highest BCUT2D eigenvalue weighted by atomic mass is 79.9. The number of carbonyl (C=O) groups excluding carboxylic acids is 1. The van der Waals surface area contributed by atoms with Crippen LogP contribution in [0.15, 0.2) is 51.8 Å². The smallest absolute Gasteiger partial charge is 0.255 e. The molecule has 2 N–H and O–H groups in total. The predicted molar refractivity (Wildman–Crippen MR) is 114 cm³/mol. The van der Waals surface area contributed by atoms with Crippen molar-refractivity contribution >= 4 is 43.2 Å². The highest BCUT2D eigenvalue weighted by molar-refractivity contribution is 9.10. The largest absolute Gasteiger partial charge is 0.368 e. The number of sulfonamides is 1. The summed E-state index contributed by atoms with van der Waals surface area (Å²) in [6.45, 7) is 3.16. The van der Waals surface area contributed by atoms with E-state index in [1.54, 1.807) is 24.3 Å². The van der Waals surface area contributed by atoms with Gasteiger partial charge in [-0.25, -0.2) is 13.1 Å². The van der Waals surface area contributed by atoms with Crippen molar-refractivity contribution in [3.05, 3.63) is 52.5 Å². The van der Waals surface area contributed by atoms with Crippen LogP contribution in [0, 0.1) is 0 Å². The Kier molecular flexibility index (Phi) is 6.39. The van der Waals surface area contributed by atoms with Gasteiger partial charge in [0.25, 0.3) is 5.91 Å². The van der Waals surface area contributed by atoms with Crippen molar-refractivity contribution in [3.63, 3.8) is 0 Å². The summed E-state index contributed by atoms with van der Waals surface area (Å²) in [6, 6.07) is 12.0. The minimum absolute atomic E-state index is 0.114. The Labute approximate surface area is 173 Å². The maximum absolute atomic E-state index is 12.6. The molecule has 1 saturated heterocycles. The zero-order valence-electron chi connectivity index (χ0n) is 15.8. The van der Waals surface area contributed by atoms with Gasteiger partial charge in [0.05, 0.1) is 5.69 Å². The van der Waals surface area contributed by atoms with Gasteiger partial charge in [0, 0.05) is 41.9 Å². The van der Waals surface area contributed by atoms with Crippen LogP contribution in [0.3, 0.4) is 0 Å². The highest BCUT2D eigenvalue weighted by Gasteiger charge is 2.24. The second kappa shape index (κ2) is 8.60. The molecule has 0 aliphatic carbocycles. The molecule has 1 amide bonds. The van der Waals surface area contributed by atoms with Crippen LogP contribution in [0.25, 0.3) is 0 Å². The van der Waals surface area contributed by atoms with E-state index in [1.807, 2.05) is 24.1 Å². The Morgan fingerprint density at radius 2 is 1.68 bits per heavy atom. The van der Waals surface area contributed by atoms with Crippen LogP contribution in [0.4, 0.5) is 11.4 Å². The molecule has 1 fully saturated rings. The number of amides is 1. The van der Waals surface area contributed by atoms with Crippen LogP contribution in [0.1, 0.15) is 10.4 Å². The van der Waals surface area contributed by atoms with Gasteiger partial charge >= 0.3 is 0 Å². The number of nitrogens with zero attached hydrogens (tertiary/aromatic N) is 2. The Bertz CT molecular complexity index is 956. The fraction of sp³-hybridized carbons (Fsp3) is 0.316. The molecule has 0 bridgehead atoms. The van der Waals surface area contributed by atoms with Crippen molar-refractivity contribution in [2.24, 2.45) is 0 Å². The quantitative estimate of drug-likeness (QED) is 0.706. The van der Waals surface area contributed by atoms with Gasteiger partial charge in [-0.15, -0.1) is 0 Å². The molecule has 1 aliphatic rings. The zero-order valence-corrected chi connectivity index (χ0v) is 18.2. The van der Waals surface area contributed by atoms with E-state index >= 15 is 0 Å². The van der Waals surface area contributed by atoms with Crippen LogP contribution in [0.5, 0.6) is 0 Å². The number of anilines is 2. The van der Waals surface area contributed by atoms with Crippen LogP contribution in [-0.2, 0) is 10.0 Å². The lowest BCUT2D eigenvalue weighted by Crippen LogP contribution is -2.45. The zero-order chi connectivity index (χ0) is 20.3. The summed E-state index contributed by atoms with van der Waals surface area (Å²) in [5, 5.41) is 2.79. The second-order valence-electron chi connectivity index (χ2n) is 6.64. The van der Waals surface area contributed by atoms with Crippen LogP contribution in [-0.4, -0.2) is 59.5 Å². The third-order valence-corrected chi connectivity index (χ3v) is 6.70. The summed E-state index contributed by atoms with van der Waals surface area (Å²) >= 11 is 3.35. The highest BCUT2D eigenvalue weighted by Crippen LogP contribution is 2.28. The molecule has 0 radical (unpaired) electrons. The van der Waals surface area contributed by atoms with Gasteiger partial charge in [0.15, 0.2) is 0 Å². The van der Waals surface area contributed by atoms with E-state index in [4.69, 9.17) is 0 Å². The maximum Gasteiger partial charge on any atom is 0.255 e. The lowest BCUT2D eigenvalue weighted by atomic mass is 10.1. The summed E-state index contributed by atoms with van der Waals surface area (Å²) in [5.41, 5.74) is 1.53. The first-order valence-corrected chi connectivity index (χ1v) is 11.2. The van der Waals surface area contributed by atoms with Gasteiger partial charge in [-0.3, -0.25) is 4.79 Å². The molecule has 1 heterocycles. The SMILES string of the molecule is CNS(=O)(=O)c1cc(C(=O)Nc2ccc(Br)cc2)ccc1N1CCN(C)CC1. The molecule has 7 nitrogen and oxygen atoms in total. The molecule has 0 aromatic heterocycles. The number of piperazine rings is 1. The molecule has 150 valence electrons. The third kappa shape index (κ3) is 4.72. The molecule has 9 heteroatoms. The monoisotopic (exact) mass is 466 g/mol.